The topological polar surface area (TPSA) is 97.0 Å². The van der Waals surface area contributed by atoms with Crippen LogP contribution in [0.25, 0.3) is 11.0 Å². The predicted octanol–water partition coefficient (Wildman–Crippen LogP) is 2.61. The summed E-state index contributed by atoms with van der Waals surface area (Å²) >= 11 is 0. The second-order valence-corrected chi connectivity index (χ2v) is 8.65. The van der Waals surface area contributed by atoms with Gasteiger partial charge in [-0.05, 0) is 35.2 Å². The summed E-state index contributed by atoms with van der Waals surface area (Å²) in [5, 5.41) is 6.90. The van der Waals surface area contributed by atoms with E-state index >= 15 is 0 Å². The smallest absolute Gasteiger partial charge is 0.258 e. The first-order chi connectivity index (χ1) is 12.3. The average Bonchev–Trinajstić information content (AvgIpc) is 3.03. The van der Waals surface area contributed by atoms with Gasteiger partial charge in [0.15, 0.2) is 10.7 Å². The van der Waals surface area contributed by atoms with Gasteiger partial charge in [0.25, 0.3) is 10.0 Å². The van der Waals surface area contributed by atoms with Crippen molar-refractivity contribution in [2.45, 2.75) is 31.2 Å². The van der Waals surface area contributed by atoms with Crippen LogP contribution in [0.4, 0.5) is 0 Å². The summed E-state index contributed by atoms with van der Waals surface area (Å²) in [7, 11) is -3.71. The Morgan fingerprint density at radius 2 is 1.88 bits per heavy atom. The number of nitrogens with zero attached hydrogens (tertiary/aromatic N) is 2. The van der Waals surface area contributed by atoms with E-state index in [0.717, 1.165) is 0 Å². The lowest BCUT2D eigenvalue weighted by Gasteiger charge is -2.19. The van der Waals surface area contributed by atoms with Crippen molar-refractivity contribution in [1.82, 2.24) is 19.9 Å². The molecule has 0 atom stereocenters. The quantitative estimate of drug-likeness (QED) is 0.647. The normalized spacial score (nSPS) is 12.4. The van der Waals surface area contributed by atoms with E-state index in [-0.39, 0.29) is 23.6 Å². The fourth-order valence-electron chi connectivity index (χ4n) is 2.50. The van der Waals surface area contributed by atoms with Crippen LogP contribution in [-0.2, 0) is 15.4 Å². The molecule has 8 heteroatoms. The summed E-state index contributed by atoms with van der Waals surface area (Å²) in [6.07, 6.45) is 1.56. The van der Waals surface area contributed by atoms with Crippen LogP contribution >= 0.6 is 0 Å². The number of fused-ring (bicyclic) bond motifs is 1. The molecule has 0 unspecified atom stereocenters. The highest BCUT2D eigenvalue weighted by Gasteiger charge is 2.20. The number of hydrogen-bond acceptors (Lipinski definition) is 5. The summed E-state index contributed by atoms with van der Waals surface area (Å²) in [6, 6.07) is 11.1. The summed E-state index contributed by atoms with van der Waals surface area (Å²) in [5.41, 5.74) is 1.66. The summed E-state index contributed by atoms with van der Waals surface area (Å²) in [5.74, 6) is 0.702. The molecule has 3 rings (SSSR count). The summed E-state index contributed by atoms with van der Waals surface area (Å²) in [4.78, 5) is 4.02. The summed E-state index contributed by atoms with van der Waals surface area (Å²) < 4.78 is 32.9. The van der Waals surface area contributed by atoms with E-state index in [4.69, 9.17) is 4.74 Å². The molecular weight excluding hydrogens is 352 g/mol. The van der Waals surface area contributed by atoms with E-state index in [1.165, 1.54) is 5.56 Å². The van der Waals surface area contributed by atoms with Crippen molar-refractivity contribution in [2.75, 3.05) is 13.2 Å². The number of pyridine rings is 1. The standard InChI is InChI=1S/C18H22N4O3S/c1-18(2,3)13-6-8-14(9-7-13)25-12-11-20-26(23,24)17-15-5-4-10-19-16(15)21-22-17/h4-10,20H,11-12H2,1-3H3,(H,19,21,22). The van der Waals surface area contributed by atoms with Crippen LogP contribution < -0.4 is 9.46 Å². The molecule has 1 aromatic carbocycles. The Hall–Kier alpha value is -2.45. The minimum atomic E-state index is -3.71. The van der Waals surface area contributed by atoms with Crippen molar-refractivity contribution in [2.24, 2.45) is 0 Å². The number of hydrogen-bond donors (Lipinski definition) is 2. The third-order valence-corrected chi connectivity index (χ3v) is 5.38. The van der Waals surface area contributed by atoms with Gasteiger partial charge in [0.2, 0.25) is 0 Å². The molecule has 0 amide bonds. The zero-order valence-electron chi connectivity index (χ0n) is 15.0. The minimum absolute atomic E-state index is 0.00938. The van der Waals surface area contributed by atoms with E-state index in [9.17, 15) is 8.42 Å². The summed E-state index contributed by atoms with van der Waals surface area (Å²) in [6.45, 7) is 6.80. The van der Waals surface area contributed by atoms with Gasteiger partial charge in [-0.2, -0.15) is 5.10 Å². The first-order valence-electron chi connectivity index (χ1n) is 8.29. The molecule has 2 N–H and O–H groups in total. The van der Waals surface area contributed by atoms with Crippen molar-refractivity contribution in [3.05, 3.63) is 48.2 Å². The Morgan fingerprint density at radius 1 is 1.15 bits per heavy atom. The monoisotopic (exact) mass is 374 g/mol. The van der Waals surface area contributed by atoms with Gasteiger partial charge in [-0.15, -0.1) is 0 Å². The van der Waals surface area contributed by atoms with E-state index in [0.29, 0.717) is 16.8 Å². The molecule has 0 radical (unpaired) electrons. The van der Waals surface area contributed by atoms with Crippen molar-refractivity contribution >= 4 is 21.1 Å². The molecule has 138 valence electrons. The SMILES string of the molecule is CC(C)(C)c1ccc(OCCNS(=O)(=O)c2[nH]nc3ncccc23)cc1. The van der Waals surface area contributed by atoms with Gasteiger partial charge in [0, 0.05) is 12.7 Å². The zero-order valence-corrected chi connectivity index (χ0v) is 15.8. The van der Waals surface area contributed by atoms with Gasteiger partial charge < -0.3 is 4.74 Å². The largest absolute Gasteiger partial charge is 0.492 e. The third kappa shape index (κ3) is 4.03. The van der Waals surface area contributed by atoms with Gasteiger partial charge in [-0.25, -0.2) is 18.1 Å². The maximum Gasteiger partial charge on any atom is 0.258 e. The Labute approximate surface area is 152 Å². The number of nitrogens with one attached hydrogen (secondary N) is 2. The fourth-order valence-corrected chi connectivity index (χ4v) is 3.61. The molecule has 0 saturated carbocycles. The van der Waals surface area contributed by atoms with Crippen LogP contribution in [0.1, 0.15) is 26.3 Å². The van der Waals surface area contributed by atoms with Gasteiger partial charge >= 0.3 is 0 Å². The Morgan fingerprint density at radius 3 is 2.58 bits per heavy atom. The Balaban J connectivity index is 1.58. The van der Waals surface area contributed by atoms with Gasteiger partial charge in [-0.3, -0.25) is 5.10 Å². The highest BCUT2D eigenvalue weighted by atomic mass is 32.2. The number of H-pyrrole nitrogens is 1. The van der Waals surface area contributed by atoms with Gasteiger partial charge in [-0.1, -0.05) is 32.9 Å². The maximum absolute atomic E-state index is 12.4. The first-order valence-corrected chi connectivity index (χ1v) is 9.78. The number of aromatic nitrogens is 3. The lowest BCUT2D eigenvalue weighted by Crippen LogP contribution is -2.28. The average molecular weight is 374 g/mol. The van der Waals surface area contributed by atoms with Crippen LogP contribution in [0, 0.1) is 0 Å². The molecule has 0 aliphatic heterocycles. The van der Waals surface area contributed by atoms with E-state index in [1.54, 1.807) is 18.3 Å². The molecule has 0 aliphatic carbocycles. The third-order valence-electron chi connectivity index (χ3n) is 3.95. The van der Waals surface area contributed by atoms with Crippen molar-refractivity contribution in [3.63, 3.8) is 0 Å². The van der Waals surface area contributed by atoms with Crippen LogP contribution in [0.2, 0.25) is 0 Å². The van der Waals surface area contributed by atoms with Crippen LogP contribution in [0.3, 0.4) is 0 Å². The highest BCUT2D eigenvalue weighted by Crippen LogP contribution is 2.24. The van der Waals surface area contributed by atoms with Crippen molar-refractivity contribution in [3.8, 4) is 5.75 Å². The van der Waals surface area contributed by atoms with E-state index in [2.05, 4.69) is 40.7 Å². The number of ether oxygens (including phenoxy) is 1. The van der Waals surface area contributed by atoms with Gasteiger partial charge in [0.1, 0.15) is 12.4 Å². The molecular formula is C18H22N4O3S. The Bertz CT molecular complexity index is 989. The number of rotatable bonds is 6. The number of aromatic amines is 1. The van der Waals surface area contributed by atoms with E-state index in [1.807, 2.05) is 24.3 Å². The predicted molar refractivity (Wildman–Crippen MR) is 99.7 cm³/mol. The maximum atomic E-state index is 12.4. The number of sulfonamides is 1. The first kappa shape index (κ1) is 18.3. The molecule has 0 bridgehead atoms. The molecule has 0 aliphatic rings. The molecule has 0 spiro atoms. The molecule has 26 heavy (non-hydrogen) atoms. The Kier molecular flexibility index (Phi) is 4.97. The molecule has 2 aromatic heterocycles. The van der Waals surface area contributed by atoms with Gasteiger partial charge in [0.05, 0.1) is 5.39 Å². The lowest BCUT2D eigenvalue weighted by atomic mass is 9.87. The molecule has 0 fully saturated rings. The van der Waals surface area contributed by atoms with Crippen LogP contribution in [-0.4, -0.2) is 36.8 Å². The van der Waals surface area contributed by atoms with E-state index < -0.39 is 10.0 Å². The lowest BCUT2D eigenvalue weighted by molar-refractivity contribution is 0.322. The minimum Gasteiger partial charge on any atom is -0.492 e. The zero-order chi connectivity index (χ0) is 18.8. The van der Waals surface area contributed by atoms with Crippen molar-refractivity contribution in [1.29, 1.82) is 0 Å². The fraction of sp³-hybridized carbons (Fsp3) is 0.333. The second kappa shape index (κ2) is 7.05. The molecule has 3 aromatic rings. The molecule has 2 heterocycles. The second-order valence-electron chi connectivity index (χ2n) is 6.95. The molecule has 7 nitrogen and oxygen atoms in total. The van der Waals surface area contributed by atoms with Crippen LogP contribution in [0.5, 0.6) is 5.75 Å². The van der Waals surface area contributed by atoms with Crippen molar-refractivity contribution < 1.29 is 13.2 Å². The molecule has 0 saturated heterocycles. The van der Waals surface area contributed by atoms with Crippen LogP contribution in [0.15, 0.2) is 47.6 Å². The highest BCUT2D eigenvalue weighted by molar-refractivity contribution is 7.89. The number of benzene rings is 1.